The molecule has 0 unspecified atom stereocenters. The van der Waals surface area contributed by atoms with Gasteiger partial charge in [-0.15, -0.1) is 0 Å². The average Bonchev–Trinajstić information content (AvgIpc) is 2.79. The maximum absolute atomic E-state index is 13.2. The van der Waals surface area contributed by atoms with Crippen molar-refractivity contribution in [1.29, 1.82) is 0 Å². The lowest BCUT2D eigenvalue weighted by Crippen LogP contribution is -2.58. The van der Waals surface area contributed by atoms with Gasteiger partial charge in [-0.3, -0.25) is 9.80 Å². The number of likely N-dealkylation sites (N-methyl/N-ethyl adjacent to an activating group) is 1. The molecule has 0 bridgehead atoms. The average molecular weight is 492 g/mol. The highest BCUT2D eigenvalue weighted by molar-refractivity contribution is 6.30. The second-order valence-corrected chi connectivity index (χ2v) is 8.81. The Hall–Kier alpha value is -2.78. The molecule has 10 heteroatoms. The van der Waals surface area contributed by atoms with Crippen molar-refractivity contribution in [2.24, 2.45) is 0 Å². The summed E-state index contributed by atoms with van der Waals surface area (Å²) in [5.74, 6) is -0.463. The highest BCUT2D eigenvalue weighted by atomic mass is 35.5. The van der Waals surface area contributed by atoms with E-state index in [0.717, 1.165) is 0 Å². The first-order valence-electron chi connectivity index (χ1n) is 11.8. The Kier molecular flexibility index (Phi) is 8.79. The van der Waals surface area contributed by atoms with E-state index in [0.29, 0.717) is 61.1 Å². The van der Waals surface area contributed by atoms with Crippen molar-refractivity contribution in [3.8, 4) is 0 Å². The maximum Gasteiger partial charge on any atom is 0.338 e. The quantitative estimate of drug-likeness (QED) is 0.572. The molecule has 1 aromatic rings. The summed E-state index contributed by atoms with van der Waals surface area (Å²) in [6.45, 7) is 10.9. The van der Waals surface area contributed by atoms with Gasteiger partial charge in [0.15, 0.2) is 0 Å². The molecular weight excluding hydrogens is 458 g/mol. The van der Waals surface area contributed by atoms with E-state index in [1.165, 1.54) is 0 Å². The Balaban J connectivity index is 1.96. The van der Waals surface area contributed by atoms with Crippen LogP contribution in [0.15, 0.2) is 35.5 Å². The molecule has 1 fully saturated rings. The maximum atomic E-state index is 13.2. The zero-order valence-corrected chi connectivity index (χ0v) is 21.0. The number of carbonyl (C=O) groups excluding carboxylic acids is 3. The number of hydrogen-bond donors (Lipinski definition) is 2. The smallest absolute Gasteiger partial charge is 0.338 e. The number of hydrogen-bond acceptors (Lipinski definition) is 5. The van der Waals surface area contributed by atoms with Gasteiger partial charge in [-0.05, 0) is 45.4 Å². The first-order valence-corrected chi connectivity index (χ1v) is 12.2. The molecule has 2 aliphatic rings. The Morgan fingerprint density at radius 1 is 1.24 bits per heavy atom. The van der Waals surface area contributed by atoms with Gasteiger partial charge in [0.25, 0.3) is 0 Å². The summed E-state index contributed by atoms with van der Waals surface area (Å²) in [6, 6.07) is 6.10. The first kappa shape index (κ1) is 25.8. The van der Waals surface area contributed by atoms with E-state index in [1.807, 2.05) is 31.7 Å². The first-order chi connectivity index (χ1) is 16.3. The third-order valence-electron chi connectivity index (χ3n) is 6.11. The molecule has 0 aliphatic carbocycles. The summed E-state index contributed by atoms with van der Waals surface area (Å²) in [6.07, 6.45) is 0. The topological polar surface area (TPSA) is 94.2 Å². The van der Waals surface area contributed by atoms with E-state index in [9.17, 15) is 14.4 Å². The molecule has 0 aromatic heterocycles. The van der Waals surface area contributed by atoms with Gasteiger partial charge in [0.2, 0.25) is 0 Å². The van der Waals surface area contributed by atoms with Crippen molar-refractivity contribution >= 4 is 29.6 Å². The third-order valence-corrected chi connectivity index (χ3v) is 6.34. The molecule has 0 spiro atoms. The Bertz CT molecular complexity index is 953. The fraction of sp³-hybridized carbons (Fsp3) is 0.542. The van der Waals surface area contributed by atoms with Gasteiger partial charge in [-0.2, -0.15) is 0 Å². The number of esters is 1. The van der Waals surface area contributed by atoms with Crippen molar-refractivity contribution in [2.75, 3.05) is 45.9 Å². The second kappa shape index (κ2) is 11.6. The predicted octanol–water partition coefficient (Wildman–Crippen LogP) is 2.98. The van der Waals surface area contributed by atoms with E-state index in [1.54, 1.807) is 30.0 Å². The molecule has 0 saturated carbocycles. The number of nitrogens with one attached hydrogen (secondary N) is 2. The third kappa shape index (κ3) is 5.64. The normalized spacial score (nSPS) is 21.4. The van der Waals surface area contributed by atoms with Crippen LogP contribution in [-0.2, 0) is 9.53 Å². The lowest BCUT2D eigenvalue weighted by atomic mass is 9.94. The van der Waals surface area contributed by atoms with Crippen molar-refractivity contribution in [1.82, 2.24) is 25.3 Å². The molecule has 3 rings (SSSR count). The van der Waals surface area contributed by atoms with Crippen molar-refractivity contribution in [3.63, 3.8) is 0 Å². The molecule has 2 heterocycles. The van der Waals surface area contributed by atoms with E-state index in [2.05, 4.69) is 15.5 Å². The number of amides is 4. The second-order valence-electron chi connectivity index (χ2n) is 8.38. The minimum Gasteiger partial charge on any atom is -0.463 e. The Labute approximate surface area is 206 Å². The molecule has 2 aliphatic heterocycles. The predicted molar refractivity (Wildman–Crippen MR) is 130 cm³/mol. The minimum absolute atomic E-state index is 0.0110. The van der Waals surface area contributed by atoms with Crippen LogP contribution in [0.25, 0.3) is 0 Å². The number of urea groups is 2. The van der Waals surface area contributed by atoms with Crippen molar-refractivity contribution in [2.45, 2.75) is 39.8 Å². The zero-order chi connectivity index (χ0) is 24.8. The lowest BCUT2D eigenvalue weighted by Gasteiger charge is -2.42. The summed E-state index contributed by atoms with van der Waals surface area (Å²) in [4.78, 5) is 44.2. The van der Waals surface area contributed by atoms with Gasteiger partial charge < -0.3 is 20.3 Å². The summed E-state index contributed by atoms with van der Waals surface area (Å²) >= 11 is 6.21. The molecular formula is C24H34ClN5O4. The van der Waals surface area contributed by atoms with Crippen LogP contribution < -0.4 is 10.6 Å². The number of nitrogens with zero attached hydrogens (tertiary/aromatic N) is 3. The summed E-state index contributed by atoms with van der Waals surface area (Å²) in [7, 11) is 0. The Morgan fingerprint density at radius 2 is 2.00 bits per heavy atom. The standard InChI is InChI=1S/C24H34ClN5O4/c1-5-26-23(32)30-12-11-28(14-16(30)4)15-19-20(22(31)34-7-3)21(27-24(33)29(19)6-2)17-9-8-10-18(25)13-17/h8-10,13,16,21H,5-7,11-12,14-15H2,1-4H3,(H,26,32)(H,27,33)/t16-,21-/m0/s1. The van der Waals surface area contributed by atoms with Crippen molar-refractivity contribution in [3.05, 3.63) is 46.1 Å². The van der Waals surface area contributed by atoms with E-state index < -0.39 is 12.0 Å². The zero-order valence-electron chi connectivity index (χ0n) is 20.3. The number of piperazine rings is 1. The van der Waals surface area contributed by atoms with Gasteiger partial charge in [-0.25, -0.2) is 14.4 Å². The molecule has 1 saturated heterocycles. The Morgan fingerprint density at radius 3 is 2.62 bits per heavy atom. The highest BCUT2D eigenvalue weighted by Crippen LogP contribution is 2.33. The highest BCUT2D eigenvalue weighted by Gasteiger charge is 2.39. The largest absolute Gasteiger partial charge is 0.463 e. The van der Waals surface area contributed by atoms with Crippen LogP contribution in [0.1, 0.15) is 39.3 Å². The van der Waals surface area contributed by atoms with Gasteiger partial charge in [0.05, 0.1) is 18.2 Å². The van der Waals surface area contributed by atoms with E-state index in [-0.39, 0.29) is 24.7 Å². The summed E-state index contributed by atoms with van der Waals surface area (Å²) in [5, 5.41) is 6.32. The number of benzene rings is 1. The fourth-order valence-corrected chi connectivity index (χ4v) is 4.74. The monoisotopic (exact) mass is 491 g/mol. The fourth-order valence-electron chi connectivity index (χ4n) is 4.54. The lowest BCUT2D eigenvalue weighted by molar-refractivity contribution is -0.139. The van der Waals surface area contributed by atoms with Crippen LogP contribution in [-0.4, -0.2) is 84.6 Å². The molecule has 1 aromatic carbocycles. The molecule has 2 atom stereocenters. The number of carbonyl (C=O) groups is 3. The van der Waals surface area contributed by atoms with Gasteiger partial charge in [-0.1, -0.05) is 23.7 Å². The van der Waals surface area contributed by atoms with Crippen LogP contribution >= 0.6 is 11.6 Å². The van der Waals surface area contributed by atoms with Crippen LogP contribution in [0.2, 0.25) is 5.02 Å². The SMILES string of the molecule is CCNC(=O)N1CCN(CC2=C(C(=O)OCC)[C@H](c3cccc(Cl)c3)NC(=O)N2CC)C[C@@H]1C. The number of halogens is 1. The van der Waals surface area contributed by atoms with Crippen LogP contribution in [0.5, 0.6) is 0 Å². The summed E-state index contributed by atoms with van der Waals surface area (Å²) in [5.41, 5.74) is 1.74. The molecule has 34 heavy (non-hydrogen) atoms. The van der Waals surface area contributed by atoms with Crippen LogP contribution in [0.3, 0.4) is 0 Å². The van der Waals surface area contributed by atoms with Crippen molar-refractivity contribution < 1.29 is 19.1 Å². The van der Waals surface area contributed by atoms with Gasteiger partial charge in [0, 0.05) is 56.0 Å². The minimum atomic E-state index is -0.669. The van der Waals surface area contributed by atoms with Gasteiger partial charge >= 0.3 is 18.0 Å². The molecule has 9 nitrogen and oxygen atoms in total. The van der Waals surface area contributed by atoms with E-state index >= 15 is 0 Å². The molecule has 4 amide bonds. The molecule has 186 valence electrons. The van der Waals surface area contributed by atoms with Crippen LogP contribution in [0, 0.1) is 0 Å². The number of rotatable bonds is 7. The molecule has 0 radical (unpaired) electrons. The van der Waals surface area contributed by atoms with Gasteiger partial charge in [0.1, 0.15) is 0 Å². The summed E-state index contributed by atoms with van der Waals surface area (Å²) < 4.78 is 5.42. The molecule has 2 N–H and O–H groups in total. The van der Waals surface area contributed by atoms with Crippen LogP contribution in [0.4, 0.5) is 9.59 Å². The number of ether oxygens (including phenoxy) is 1. The van der Waals surface area contributed by atoms with E-state index in [4.69, 9.17) is 16.3 Å².